The summed E-state index contributed by atoms with van der Waals surface area (Å²) in [4.78, 5) is 12.9. The summed E-state index contributed by atoms with van der Waals surface area (Å²) < 4.78 is 12.5. The normalized spacial score (nSPS) is 54.3. The number of rotatable bonds is 4. The molecule has 43 heavy (non-hydrogen) atoms. The van der Waals surface area contributed by atoms with Crippen LogP contribution < -0.4 is 0 Å². The van der Waals surface area contributed by atoms with Crippen molar-refractivity contribution in [3.8, 4) is 0 Å². The van der Waals surface area contributed by atoms with Crippen LogP contribution in [0.4, 0.5) is 0 Å². The highest BCUT2D eigenvalue weighted by atomic mass is 16.7. The van der Waals surface area contributed by atoms with Gasteiger partial charge in [0.2, 0.25) is 0 Å². The topological polar surface area (TPSA) is 116 Å². The van der Waals surface area contributed by atoms with Gasteiger partial charge in [-0.15, -0.1) is 0 Å². The van der Waals surface area contributed by atoms with Gasteiger partial charge in [0.25, 0.3) is 0 Å². The zero-order chi connectivity index (χ0) is 31.4. The van der Waals surface area contributed by atoms with Crippen molar-refractivity contribution in [2.75, 3.05) is 13.2 Å². The van der Waals surface area contributed by atoms with Crippen LogP contribution >= 0.6 is 0 Å². The predicted octanol–water partition coefficient (Wildman–Crippen LogP) is 5.94. The van der Waals surface area contributed by atoms with Gasteiger partial charge in [0.05, 0.1) is 30.8 Å². The largest absolute Gasteiger partial charge is 0.481 e. The van der Waals surface area contributed by atoms with E-state index in [0.717, 1.165) is 64.2 Å². The molecule has 0 radical (unpaired) electrons. The number of carbonyl (C=O) groups is 1. The second-order valence-corrected chi connectivity index (χ2v) is 17.6. The minimum atomic E-state index is -0.907. The summed E-state index contributed by atoms with van der Waals surface area (Å²) in [5, 5.41) is 42.2. The van der Waals surface area contributed by atoms with Crippen LogP contribution in [-0.2, 0) is 14.3 Å². The van der Waals surface area contributed by atoms with E-state index in [0.29, 0.717) is 5.92 Å². The Morgan fingerprint density at radius 1 is 0.977 bits per heavy atom. The van der Waals surface area contributed by atoms with Crippen LogP contribution in [0.25, 0.3) is 0 Å². The average Bonchev–Trinajstić information content (AvgIpc) is 2.94. The third-order valence-corrected chi connectivity index (χ3v) is 15.2. The van der Waals surface area contributed by atoms with Crippen molar-refractivity contribution in [1.29, 1.82) is 0 Å². The highest BCUT2D eigenvalue weighted by Crippen LogP contribution is 2.76. The summed E-state index contributed by atoms with van der Waals surface area (Å²) in [5.74, 6) is -0.131. The molecule has 7 heteroatoms. The molecule has 0 amide bonds. The van der Waals surface area contributed by atoms with E-state index in [1.165, 1.54) is 5.57 Å². The van der Waals surface area contributed by atoms with Crippen molar-refractivity contribution in [2.45, 2.75) is 137 Å². The number of aliphatic hydroxyl groups is 3. The number of aliphatic hydroxyl groups excluding tert-OH is 3. The molecule has 4 N–H and O–H groups in total. The lowest BCUT2D eigenvalue weighted by Crippen LogP contribution is -2.66. The minimum Gasteiger partial charge on any atom is -0.481 e. The second kappa shape index (κ2) is 10.3. The van der Waals surface area contributed by atoms with Crippen LogP contribution in [0.3, 0.4) is 0 Å². The highest BCUT2D eigenvalue weighted by molar-refractivity contribution is 5.76. The Balaban J connectivity index is 1.32. The Bertz CT molecular complexity index is 1150. The molecule has 6 aliphatic rings. The molecule has 0 aromatic rings. The van der Waals surface area contributed by atoms with Crippen molar-refractivity contribution in [3.05, 3.63) is 11.6 Å². The lowest BCUT2D eigenvalue weighted by Gasteiger charge is -2.71. The number of carboxylic acids is 1. The van der Waals surface area contributed by atoms with Gasteiger partial charge in [-0.05, 0) is 104 Å². The number of hydrogen-bond acceptors (Lipinski definition) is 6. The van der Waals surface area contributed by atoms with Crippen LogP contribution in [-0.4, -0.2) is 64.2 Å². The highest BCUT2D eigenvalue weighted by Gasteiger charge is 2.70. The molecule has 7 nitrogen and oxygen atoms in total. The Kier molecular flexibility index (Phi) is 7.62. The van der Waals surface area contributed by atoms with E-state index in [9.17, 15) is 25.2 Å². The fourth-order valence-electron chi connectivity index (χ4n) is 12.1. The van der Waals surface area contributed by atoms with Gasteiger partial charge in [0.15, 0.2) is 6.29 Å². The first-order valence-electron chi connectivity index (χ1n) is 17.2. The van der Waals surface area contributed by atoms with E-state index >= 15 is 0 Å². The Morgan fingerprint density at radius 3 is 2.35 bits per heavy atom. The van der Waals surface area contributed by atoms with Gasteiger partial charge in [-0.3, -0.25) is 4.79 Å². The molecule has 1 aliphatic heterocycles. The molecule has 0 aromatic carbocycles. The van der Waals surface area contributed by atoms with E-state index in [4.69, 9.17) is 9.47 Å². The average molecular weight is 603 g/mol. The zero-order valence-corrected chi connectivity index (χ0v) is 27.7. The number of allylic oxidation sites excluding steroid dienone is 2. The third kappa shape index (κ3) is 4.33. The third-order valence-electron chi connectivity index (χ3n) is 15.2. The summed E-state index contributed by atoms with van der Waals surface area (Å²) in [5.41, 5.74) is 0.545. The monoisotopic (exact) mass is 602 g/mol. The molecule has 0 bridgehead atoms. The fourth-order valence-corrected chi connectivity index (χ4v) is 12.1. The molecule has 13 atom stereocenters. The molecule has 5 aliphatic carbocycles. The number of ether oxygens (including phenoxy) is 2. The first-order chi connectivity index (χ1) is 20.0. The summed E-state index contributed by atoms with van der Waals surface area (Å²) in [6.07, 6.45) is 9.17. The molecule has 1 saturated heterocycles. The van der Waals surface area contributed by atoms with Gasteiger partial charge in [-0.2, -0.15) is 0 Å². The smallest absolute Gasteiger partial charge is 0.310 e. The quantitative estimate of drug-likeness (QED) is 0.232. The van der Waals surface area contributed by atoms with Crippen molar-refractivity contribution in [3.63, 3.8) is 0 Å². The van der Waals surface area contributed by atoms with E-state index < -0.39 is 35.3 Å². The van der Waals surface area contributed by atoms with Gasteiger partial charge in [-0.1, -0.05) is 60.1 Å². The van der Waals surface area contributed by atoms with Crippen LogP contribution in [0.15, 0.2) is 11.6 Å². The molecule has 5 fully saturated rings. The van der Waals surface area contributed by atoms with Crippen molar-refractivity contribution in [1.82, 2.24) is 0 Å². The lowest BCUT2D eigenvalue weighted by atomic mass is 9.33. The molecule has 4 saturated carbocycles. The minimum absolute atomic E-state index is 0.0112. The first kappa shape index (κ1) is 32.0. The summed E-state index contributed by atoms with van der Waals surface area (Å²) >= 11 is 0. The van der Waals surface area contributed by atoms with E-state index in [-0.39, 0.29) is 58.7 Å². The van der Waals surface area contributed by atoms with E-state index in [1.807, 2.05) is 6.92 Å². The summed E-state index contributed by atoms with van der Waals surface area (Å²) in [7, 11) is 0. The summed E-state index contributed by atoms with van der Waals surface area (Å²) in [6, 6.07) is 0. The van der Waals surface area contributed by atoms with Crippen molar-refractivity contribution in [2.24, 2.45) is 56.2 Å². The van der Waals surface area contributed by atoms with Gasteiger partial charge in [0, 0.05) is 11.3 Å². The van der Waals surface area contributed by atoms with Crippen molar-refractivity contribution < 1.29 is 34.7 Å². The SMILES string of the molecule is CC1C(OC2CCC3(C)C(CCC4(C)C3CC=C3C5CC(C)(C)CCC5(C(=O)O)CCC34C)C2(C)CO)OCC(O)C1O. The first-order valence-corrected chi connectivity index (χ1v) is 17.2. The number of carboxylic acid groups (broad SMARTS) is 1. The fraction of sp³-hybridized carbons (Fsp3) is 0.917. The molecule has 6 rings (SSSR count). The van der Waals surface area contributed by atoms with Gasteiger partial charge in [0.1, 0.15) is 6.10 Å². The predicted molar refractivity (Wildman–Crippen MR) is 164 cm³/mol. The van der Waals surface area contributed by atoms with Crippen LogP contribution in [0.2, 0.25) is 0 Å². The maximum atomic E-state index is 12.9. The number of aliphatic carboxylic acids is 1. The number of hydrogen-bond donors (Lipinski definition) is 4. The molecule has 13 unspecified atom stereocenters. The lowest BCUT2D eigenvalue weighted by molar-refractivity contribution is -0.299. The summed E-state index contributed by atoms with van der Waals surface area (Å²) in [6.45, 7) is 16.3. The maximum Gasteiger partial charge on any atom is 0.310 e. The zero-order valence-electron chi connectivity index (χ0n) is 27.7. The Hall–Kier alpha value is -0.990. The Labute approximate surface area is 258 Å². The number of fused-ring (bicyclic) bond motifs is 7. The van der Waals surface area contributed by atoms with E-state index in [1.54, 1.807) is 0 Å². The second-order valence-electron chi connectivity index (χ2n) is 17.6. The van der Waals surface area contributed by atoms with Crippen LogP contribution in [0.1, 0.15) is 113 Å². The van der Waals surface area contributed by atoms with Crippen molar-refractivity contribution >= 4 is 5.97 Å². The Morgan fingerprint density at radius 2 is 1.67 bits per heavy atom. The molecular formula is C36H58O7. The van der Waals surface area contributed by atoms with Crippen LogP contribution in [0, 0.1) is 56.2 Å². The maximum absolute atomic E-state index is 12.9. The molecule has 0 spiro atoms. The molecule has 244 valence electrons. The van der Waals surface area contributed by atoms with Gasteiger partial charge < -0.3 is 29.9 Å². The van der Waals surface area contributed by atoms with Gasteiger partial charge in [-0.25, -0.2) is 0 Å². The van der Waals surface area contributed by atoms with Gasteiger partial charge >= 0.3 is 5.97 Å². The molecular weight excluding hydrogens is 544 g/mol. The molecule has 0 aromatic heterocycles. The molecule has 1 heterocycles. The van der Waals surface area contributed by atoms with E-state index in [2.05, 4.69) is 47.6 Å². The van der Waals surface area contributed by atoms with Crippen LogP contribution in [0.5, 0.6) is 0 Å². The standard InChI is InChI=1S/C36H58O7/c1-21-28(39)24(38)19-42-29(21)43-27-11-12-32(4)25(33(27,5)20-37)10-13-35(7)26(32)9-8-22-23-18-31(2,3)14-16-36(23,30(40)41)17-15-34(22,35)6/h8,21,23-29,37-39H,9-20H2,1-7H3,(H,40,41).